The summed E-state index contributed by atoms with van der Waals surface area (Å²) >= 11 is 0. The van der Waals surface area contributed by atoms with E-state index in [1.165, 1.54) is 12.1 Å². The van der Waals surface area contributed by atoms with Crippen LogP contribution in [0.25, 0.3) is 0 Å². The Morgan fingerprint density at radius 2 is 1.54 bits per heavy atom. The summed E-state index contributed by atoms with van der Waals surface area (Å²) in [6.07, 6.45) is 0.391. The van der Waals surface area contributed by atoms with Crippen LogP contribution in [0.2, 0.25) is 0 Å². The van der Waals surface area contributed by atoms with Crippen molar-refractivity contribution < 1.29 is 14.0 Å². The van der Waals surface area contributed by atoms with Crippen LogP contribution in [-0.4, -0.2) is 18.4 Å². The number of benzene rings is 2. The summed E-state index contributed by atoms with van der Waals surface area (Å²) in [4.78, 5) is 23.5. The highest BCUT2D eigenvalue weighted by Gasteiger charge is 2.09. The molecule has 2 aromatic carbocycles. The average molecular weight is 329 g/mol. The largest absolute Gasteiger partial charge is 0.376 e. The average Bonchev–Trinajstić information content (AvgIpc) is 2.57. The predicted octanol–water partition coefficient (Wildman–Crippen LogP) is 3.53. The molecule has 0 bridgehead atoms. The summed E-state index contributed by atoms with van der Waals surface area (Å²) in [5.74, 6) is -0.915. The maximum atomic E-state index is 13.5. The molecule has 0 aromatic heterocycles. The van der Waals surface area contributed by atoms with Crippen molar-refractivity contribution in [1.82, 2.24) is 0 Å². The molecule has 0 fully saturated rings. The Balaban J connectivity index is 1.99. The molecule has 0 heterocycles. The van der Waals surface area contributed by atoms with Gasteiger partial charge in [-0.15, -0.1) is 0 Å². The third kappa shape index (κ3) is 4.55. The van der Waals surface area contributed by atoms with E-state index < -0.39 is 5.82 Å². The number of halogens is 1. The van der Waals surface area contributed by atoms with E-state index in [0.717, 1.165) is 11.3 Å². The highest BCUT2D eigenvalue weighted by molar-refractivity contribution is 5.95. The third-order valence-corrected chi connectivity index (χ3v) is 3.52. The third-order valence-electron chi connectivity index (χ3n) is 3.52. The lowest BCUT2D eigenvalue weighted by Gasteiger charge is -2.14. The van der Waals surface area contributed by atoms with Crippen molar-refractivity contribution in [1.29, 1.82) is 0 Å². The molecule has 0 saturated carbocycles. The molecule has 2 aromatic rings. The number of anilines is 3. The van der Waals surface area contributed by atoms with Crippen molar-refractivity contribution >= 4 is 28.9 Å². The summed E-state index contributed by atoms with van der Waals surface area (Å²) in [6, 6.07) is 11.4. The van der Waals surface area contributed by atoms with Gasteiger partial charge < -0.3 is 16.0 Å². The quantitative estimate of drug-likeness (QED) is 0.759. The molecule has 0 aliphatic heterocycles. The van der Waals surface area contributed by atoms with E-state index in [1.54, 1.807) is 31.2 Å². The Labute approximate surface area is 140 Å². The van der Waals surface area contributed by atoms with E-state index in [1.807, 2.05) is 13.0 Å². The minimum absolute atomic E-state index is 0.0135. The van der Waals surface area contributed by atoms with Crippen LogP contribution in [0, 0.1) is 12.7 Å². The van der Waals surface area contributed by atoms with Crippen LogP contribution >= 0.6 is 0 Å². The normalized spacial score (nSPS) is 10.1. The fourth-order valence-electron chi connectivity index (χ4n) is 2.13. The molecule has 126 valence electrons. The number of para-hydroxylation sites is 1. The van der Waals surface area contributed by atoms with Gasteiger partial charge in [-0.1, -0.05) is 25.1 Å². The molecule has 5 nitrogen and oxygen atoms in total. The van der Waals surface area contributed by atoms with Crippen molar-refractivity contribution in [3.05, 3.63) is 53.8 Å². The second kappa shape index (κ2) is 8.10. The molecule has 6 heteroatoms. The molecule has 0 aliphatic rings. The molecule has 24 heavy (non-hydrogen) atoms. The highest BCUT2D eigenvalue weighted by Crippen LogP contribution is 2.23. The fraction of sp³-hybridized carbons (Fsp3) is 0.222. The highest BCUT2D eigenvalue weighted by atomic mass is 19.1. The first-order chi connectivity index (χ1) is 11.5. The van der Waals surface area contributed by atoms with Gasteiger partial charge in [0.1, 0.15) is 5.82 Å². The number of hydrogen-bond donors (Lipinski definition) is 3. The monoisotopic (exact) mass is 329 g/mol. The summed E-state index contributed by atoms with van der Waals surface area (Å²) in [5.41, 5.74) is 2.40. The first-order valence-electron chi connectivity index (χ1n) is 7.69. The Morgan fingerprint density at radius 3 is 2.25 bits per heavy atom. The maximum absolute atomic E-state index is 13.5. The van der Waals surface area contributed by atoms with Gasteiger partial charge in [0.2, 0.25) is 11.8 Å². The molecule has 0 atom stereocenters. The van der Waals surface area contributed by atoms with Crippen molar-refractivity contribution in [3.8, 4) is 0 Å². The van der Waals surface area contributed by atoms with Gasteiger partial charge in [-0.25, -0.2) is 4.39 Å². The van der Waals surface area contributed by atoms with Gasteiger partial charge in [0.15, 0.2) is 0 Å². The molecule has 0 aliphatic carbocycles. The van der Waals surface area contributed by atoms with E-state index in [-0.39, 0.29) is 24.0 Å². The van der Waals surface area contributed by atoms with Gasteiger partial charge >= 0.3 is 0 Å². The van der Waals surface area contributed by atoms with Gasteiger partial charge in [-0.3, -0.25) is 9.59 Å². The summed E-state index contributed by atoms with van der Waals surface area (Å²) in [5, 5.41) is 8.31. The predicted molar refractivity (Wildman–Crippen MR) is 93.6 cm³/mol. The van der Waals surface area contributed by atoms with Crippen LogP contribution in [0.4, 0.5) is 21.5 Å². The number of rotatable bonds is 6. The second-order valence-electron chi connectivity index (χ2n) is 5.26. The first-order valence-corrected chi connectivity index (χ1v) is 7.69. The SMILES string of the molecule is CCC(=O)Nc1cccc(NCC(=O)Nc2ccccc2F)c1C. The smallest absolute Gasteiger partial charge is 0.243 e. The first kappa shape index (κ1) is 17.5. The second-order valence-corrected chi connectivity index (χ2v) is 5.26. The fourth-order valence-corrected chi connectivity index (χ4v) is 2.13. The summed E-state index contributed by atoms with van der Waals surface area (Å²) in [6.45, 7) is 3.61. The zero-order valence-corrected chi connectivity index (χ0v) is 13.7. The molecule has 2 rings (SSSR count). The van der Waals surface area contributed by atoms with Gasteiger partial charge in [0.05, 0.1) is 12.2 Å². The van der Waals surface area contributed by atoms with E-state index in [4.69, 9.17) is 0 Å². The standard InChI is InChI=1S/C18H20FN3O2/c1-3-17(23)21-15-10-6-9-14(12(15)2)20-11-18(24)22-16-8-5-4-7-13(16)19/h4-10,20H,3,11H2,1-2H3,(H,21,23)(H,22,24). The van der Waals surface area contributed by atoms with Gasteiger partial charge in [-0.05, 0) is 36.8 Å². The van der Waals surface area contributed by atoms with Gasteiger partial charge in [-0.2, -0.15) is 0 Å². The van der Waals surface area contributed by atoms with Crippen LogP contribution in [-0.2, 0) is 9.59 Å². The van der Waals surface area contributed by atoms with E-state index in [0.29, 0.717) is 12.1 Å². The van der Waals surface area contributed by atoms with Gasteiger partial charge in [0.25, 0.3) is 0 Å². The maximum Gasteiger partial charge on any atom is 0.243 e. The zero-order valence-electron chi connectivity index (χ0n) is 13.7. The number of carbonyl (C=O) groups excluding carboxylic acids is 2. The number of carbonyl (C=O) groups is 2. The lowest BCUT2D eigenvalue weighted by Crippen LogP contribution is -2.22. The van der Waals surface area contributed by atoms with Crippen LogP contribution < -0.4 is 16.0 Å². The molecular formula is C18H20FN3O2. The number of amides is 2. The molecule has 0 spiro atoms. The van der Waals surface area contributed by atoms with Crippen LogP contribution in [0.15, 0.2) is 42.5 Å². The number of nitrogens with one attached hydrogen (secondary N) is 3. The Bertz CT molecular complexity index is 747. The van der Waals surface area contributed by atoms with Crippen LogP contribution in [0.3, 0.4) is 0 Å². The van der Waals surface area contributed by atoms with Crippen LogP contribution in [0.1, 0.15) is 18.9 Å². The molecular weight excluding hydrogens is 309 g/mol. The lowest BCUT2D eigenvalue weighted by atomic mass is 10.1. The molecule has 2 amide bonds. The van der Waals surface area contributed by atoms with Crippen molar-refractivity contribution in [2.45, 2.75) is 20.3 Å². The van der Waals surface area contributed by atoms with Crippen LogP contribution in [0.5, 0.6) is 0 Å². The minimum Gasteiger partial charge on any atom is -0.376 e. The topological polar surface area (TPSA) is 70.2 Å². The Morgan fingerprint density at radius 1 is 0.917 bits per heavy atom. The zero-order chi connectivity index (χ0) is 17.5. The lowest BCUT2D eigenvalue weighted by molar-refractivity contribution is -0.116. The minimum atomic E-state index is -0.480. The van der Waals surface area contributed by atoms with E-state index >= 15 is 0 Å². The molecule has 0 unspecified atom stereocenters. The Hall–Kier alpha value is -2.89. The Kier molecular flexibility index (Phi) is 5.89. The molecule has 0 saturated heterocycles. The van der Waals surface area contributed by atoms with Gasteiger partial charge in [0, 0.05) is 17.8 Å². The number of hydrogen-bond acceptors (Lipinski definition) is 3. The van der Waals surface area contributed by atoms with Crippen molar-refractivity contribution in [2.24, 2.45) is 0 Å². The molecule has 3 N–H and O–H groups in total. The van der Waals surface area contributed by atoms with E-state index in [9.17, 15) is 14.0 Å². The van der Waals surface area contributed by atoms with E-state index in [2.05, 4.69) is 16.0 Å². The molecule has 0 radical (unpaired) electrons. The van der Waals surface area contributed by atoms with Crippen molar-refractivity contribution in [3.63, 3.8) is 0 Å². The van der Waals surface area contributed by atoms with Crippen molar-refractivity contribution in [2.75, 3.05) is 22.5 Å². The summed E-state index contributed by atoms with van der Waals surface area (Å²) < 4.78 is 13.5. The summed E-state index contributed by atoms with van der Waals surface area (Å²) in [7, 11) is 0.